The van der Waals surface area contributed by atoms with E-state index in [4.69, 9.17) is 9.26 Å². The van der Waals surface area contributed by atoms with Crippen molar-refractivity contribution in [2.45, 2.75) is 27.0 Å². The summed E-state index contributed by atoms with van der Waals surface area (Å²) in [6, 6.07) is 9.07. The molecule has 0 fully saturated rings. The van der Waals surface area contributed by atoms with Crippen LogP contribution in [0.1, 0.15) is 32.3 Å². The molecule has 5 nitrogen and oxygen atoms in total. The molecule has 0 radical (unpaired) electrons. The number of aryl methyl sites for hydroxylation is 2. The molecule has 0 spiro atoms. The number of hydrogen-bond acceptors (Lipinski definition) is 5. The summed E-state index contributed by atoms with van der Waals surface area (Å²) in [7, 11) is 0. The van der Waals surface area contributed by atoms with Crippen molar-refractivity contribution >= 4 is 33.2 Å². The average molecular weight is 421 g/mol. The van der Waals surface area contributed by atoms with Crippen LogP contribution in [0, 0.1) is 13.8 Å². The van der Waals surface area contributed by atoms with Crippen LogP contribution >= 0.6 is 27.3 Å². The summed E-state index contributed by atoms with van der Waals surface area (Å²) in [5.74, 6) is 1.34. The van der Waals surface area contributed by atoms with Crippen LogP contribution in [-0.2, 0) is 13.2 Å². The largest absolute Gasteiger partial charge is 0.489 e. The monoisotopic (exact) mass is 420 g/mol. The number of halogens is 1. The van der Waals surface area contributed by atoms with Gasteiger partial charge in [0.25, 0.3) is 5.91 Å². The Kier molecular flexibility index (Phi) is 5.55. The highest BCUT2D eigenvalue weighted by Gasteiger charge is 2.10. The molecule has 3 rings (SSSR count). The van der Waals surface area contributed by atoms with Crippen LogP contribution in [-0.4, -0.2) is 11.1 Å². The highest BCUT2D eigenvalue weighted by molar-refractivity contribution is 9.10. The Hall–Kier alpha value is -2.12. The molecule has 3 aromatic rings. The SMILES string of the molecule is Cc1noc(C)c1COc1ccc(C(=O)NCc2cc(Br)cs2)cc1. The molecule has 0 saturated carbocycles. The van der Waals surface area contributed by atoms with Gasteiger partial charge in [0.1, 0.15) is 18.1 Å². The second-order valence-corrected chi connectivity index (χ2v) is 7.44. The van der Waals surface area contributed by atoms with E-state index < -0.39 is 0 Å². The maximum absolute atomic E-state index is 12.2. The summed E-state index contributed by atoms with van der Waals surface area (Å²) in [6.45, 7) is 4.65. The lowest BCUT2D eigenvalue weighted by atomic mass is 10.2. The number of rotatable bonds is 6. The lowest BCUT2D eigenvalue weighted by Gasteiger charge is -2.07. The van der Waals surface area contributed by atoms with E-state index in [1.165, 1.54) is 0 Å². The fraction of sp³-hybridized carbons (Fsp3) is 0.222. The minimum absolute atomic E-state index is 0.109. The van der Waals surface area contributed by atoms with Crippen LogP contribution in [0.4, 0.5) is 0 Å². The predicted molar refractivity (Wildman–Crippen MR) is 99.9 cm³/mol. The molecule has 130 valence electrons. The summed E-state index contributed by atoms with van der Waals surface area (Å²) < 4.78 is 11.9. The fourth-order valence-electron chi connectivity index (χ4n) is 2.28. The number of carbonyl (C=O) groups excluding carboxylic acids is 1. The Labute approximate surface area is 158 Å². The summed E-state index contributed by atoms with van der Waals surface area (Å²) in [4.78, 5) is 13.3. The van der Waals surface area contributed by atoms with Crippen LogP contribution in [0.5, 0.6) is 5.75 Å². The van der Waals surface area contributed by atoms with Gasteiger partial charge in [-0.1, -0.05) is 5.16 Å². The summed E-state index contributed by atoms with van der Waals surface area (Å²) in [6.07, 6.45) is 0. The standard InChI is InChI=1S/C18H17BrN2O3S/c1-11-17(12(2)24-21-11)9-23-15-5-3-13(4-6-15)18(22)20-8-16-7-14(19)10-25-16/h3-7,10H,8-9H2,1-2H3,(H,20,22). The second kappa shape index (κ2) is 7.84. The first-order valence-corrected chi connectivity index (χ1v) is 9.36. The number of nitrogens with one attached hydrogen (secondary N) is 1. The van der Waals surface area contributed by atoms with Gasteiger partial charge in [0.05, 0.1) is 17.8 Å². The van der Waals surface area contributed by atoms with Crippen LogP contribution in [0.3, 0.4) is 0 Å². The van der Waals surface area contributed by atoms with Crippen LogP contribution in [0.2, 0.25) is 0 Å². The second-order valence-electron chi connectivity index (χ2n) is 5.53. The molecule has 0 aliphatic carbocycles. The molecule has 0 saturated heterocycles. The van der Waals surface area contributed by atoms with Gasteiger partial charge in [0.15, 0.2) is 0 Å². The summed E-state index contributed by atoms with van der Waals surface area (Å²) in [5, 5.41) is 8.80. The van der Waals surface area contributed by atoms with E-state index in [1.54, 1.807) is 35.6 Å². The normalized spacial score (nSPS) is 10.7. The molecule has 2 heterocycles. The molecule has 2 aromatic heterocycles. The number of aromatic nitrogens is 1. The zero-order chi connectivity index (χ0) is 17.8. The lowest BCUT2D eigenvalue weighted by molar-refractivity contribution is 0.0951. The molecular formula is C18H17BrN2O3S. The maximum Gasteiger partial charge on any atom is 0.251 e. The Morgan fingerprint density at radius 1 is 1.32 bits per heavy atom. The number of ether oxygens (including phenoxy) is 1. The smallest absolute Gasteiger partial charge is 0.251 e. The van der Waals surface area contributed by atoms with E-state index in [1.807, 2.05) is 25.3 Å². The minimum atomic E-state index is -0.109. The van der Waals surface area contributed by atoms with E-state index in [0.717, 1.165) is 26.4 Å². The van der Waals surface area contributed by atoms with E-state index in [0.29, 0.717) is 24.5 Å². The maximum atomic E-state index is 12.2. The van der Waals surface area contributed by atoms with Crippen molar-refractivity contribution in [3.05, 3.63) is 67.6 Å². The first kappa shape index (κ1) is 17.7. The molecule has 0 aliphatic rings. The van der Waals surface area contributed by atoms with Gasteiger partial charge in [-0.05, 0) is 60.1 Å². The van der Waals surface area contributed by atoms with Crippen LogP contribution < -0.4 is 10.1 Å². The quantitative estimate of drug-likeness (QED) is 0.631. The van der Waals surface area contributed by atoms with Crippen molar-refractivity contribution in [3.63, 3.8) is 0 Å². The van der Waals surface area contributed by atoms with Crippen molar-refractivity contribution < 1.29 is 14.1 Å². The number of hydrogen-bond donors (Lipinski definition) is 1. The average Bonchev–Trinajstić information content (AvgIpc) is 3.17. The summed E-state index contributed by atoms with van der Waals surface area (Å²) >= 11 is 5.01. The molecule has 0 unspecified atom stereocenters. The number of thiophene rings is 1. The highest BCUT2D eigenvalue weighted by atomic mass is 79.9. The van der Waals surface area contributed by atoms with Crippen molar-refractivity contribution in [2.75, 3.05) is 0 Å². The molecule has 0 aliphatic heterocycles. The van der Waals surface area contributed by atoms with Crippen LogP contribution in [0.15, 0.2) is 44.7 Å². The molecular weight excluding hydrogens is 404 g/mol. The van der Waals surface area contributed by atoms with Crippen molar-refractivity contribution in [3.8, 4) is 5.75 Å². The first-order chi connectivity index (χ1) is 12.0. The molecule has 1 aromatic carbocycles. The molecule has 0 atom stereocenters. The Morgan fingerprint density at radius 2 is 2.08 bits per heavy atom. The Bertz CT molecular complexity index is 851. The third-order valence-electron chi connectivity index (χ3n) is 3.73. The Morgan fingerprint density at radius 3 is 2.68 bits per heavy atom. The molecule has 25 heavy (non-hydrogen) atoms. The third-order valence-corrected chi connectivity index (χ3v) is 5.42. The van der Waals surface area contributed by atoms with E-state index >= 15 is 0 Å². The van der Waals surface area contributed by atoms with Gasteiger partial charge in [0.2, 0.25) is 0 Å². The zero-order valence-electron chi connectivity index (χ0n) is 13.8. The van der Waals surface area contributed by atoms with Crippen molar-refractivity contribution in [1.82, 2.24) is 10.5 Å². The van der Waals surface area contributed by atoms with Gasteiger partial charge < -0.3 is 14.6 Å². The molecule has 1 amide bonds. The van der Waals surface area contributed by atoms with Gasteiger partial charge in [-0.25, -0.2) is 0 Å². The number of carbonyl (C=O) groups is 1. The van der Waals surface area contributed by atoms with Gasteiger partial charge in [-0.3, -0.25) is 4.79 Å². The molecule has 0 bridgehead atoms. The minimum Gasteiger partial charge on any atom is -0.489 e. The Balaban J connectivity index is 1.55. The van der Waals surface area contributed by atoms with Crippen molar-refractivity contribution in [2.24, 2.45) is 0 Å². The number of nitrogens with zero attached hydrogens (tertiary/aromatic N) is 1. The van der Waals surface area contributed by atoms with Crippen LogP contribution in [0.25, 0.3) is 0 Å². The zero-order valence-corrected chi connectivity index (χ0v) is 16.2. The first-order valence-electron chi connectivity index (χ1n) is 7.68. The van der Waals surface area contributed by atoms with Gasteiger partial charge in [-0.15, -0.1) is 11.3 Å². The molecule has 7 heteroatoms. The van der Waals surface area contributed by atoms with Crippen molar-refractivity contribution in [1.29, 1.82) is 0 Å². The van der Waals surface area contributed by atoms with Gasteiger partial charge >= 0.3 is 0 Å². The highest BCUT2D eigenvalue weighted by Crippen LogP contribution is 2.20. The lowest BCUT2D eigenvalue weighted by Crippen LogP contribution is -2.22. The van der Waals surface area contributed by atoms with E-state index in [2.05, 4.69) is 26.4 Å². The number of benzene rings is 1. The molecule has 1 N–H and O–H groups in total. The van der Waals surface area contributed by atoms with Gasteiger partial charge in [0, 0.05) is 20.3 Å². The fourth-order valence-corrected chi connectivity index (χ4v) is 3.67. The van der Waals surface area contributed by atoms with E-state index in [-0.39, 0.29) is 5.91 Å². The predicted octanol–water partition coefficient (Wildman–Crippen LogP) is 4.62. The summed E-state index contributed by atoms with van der Waals surface area (Å²) in [5.41, 5.74) is 2.37. The van der Waals surface area contributed by atoms with Gasteiger partial charge in [-0.2, -0.15) is 0 Å². The number of amides is 1. The topological polar surface area (TPSA) is 64.4 Å². The third kappa shape index (κ3) is 4.49. The van der Waals surface area contributed by atoms with E-state index in [9.17, 15) is 4.79 Å².